The highest BCUT2D eigenvalue weighted by Gasteiger charge is 2.13. The average Bonchev–Trinajstić information content (AvgIpc) is 2.88. The highest BCUT2D eigenvalue weighted by molar-refractivity contribution is 5.73. The number of rotatable bonds is 20. The highest BCUT2D eigenvalue weighted by Crippen LogP contribution is 2.20. The number of aryl methyl sites for hydroxylation is 2. The van der Waals surface area contributed by atoms with E-state index in [1.165, 1.54) is 94.6 Å². The fourth-order valence-electron chi connectivity index (χ4n) is 4.76. The second-order valence-corrected chi connectivity index (χ2v) is 10.8. The van der Waals surface area contributed by atoms with Crippen LogP contribution in [0, 0.1) is 6.92 Å². The Morgan fingerprint density at radius 3 is 1.82 bits per heavy atom. The first-order valence-corrected chi connectivity index (χ1v) is 14.9. The quantitative estimate of drug-likeness (QED) is 0.113. The standard InChI is InChI=1S/C33H53N2O2.HI/c1-5-6-7-8-9-10-11-12-13-14-15-16-17-18-25-37-33-20-19-32(29(2)26-33)28-35(30(3)36)27-31-21-23-34(4)24-22-31;/h19-24,26H,5-18,25,27-28H2,1-4H3;1H/q+1;/p-1. The molecule has 0 spiro atoms. The number of unbranched alkanes of at least 4 members (excludes halogenated alkanes) is 13. The van der Waals surface area contributed by atoms with Crippen molar-refractivity contribution in [3.63, 3.8) is 0 Å². The summed E-state index contributed by atoms with van der Waals surface area (Å²) in [7, 11) is 2.00. The fraction of sp³-hybridized carbons (Fsp3) is 0.636. The fourth-order valence-corrected chi connectivity index (χ4v) is 4.76. The number of carbonyl (C=O) groups is 1. The number of benzene rings is 1. The van der Waals surface area contributed by atoms with Gasteiger partial charge in [-0.2, -0.15) is 0 Å². The summed E-state index contributed by atoms with van der Waals surface area (Å²) in [6.07, 6.45) is 23.2. The molecule has 5 heteroatoms. The molecule has 0 aliphatic carbocycles. The predicted molar refractivity (Wildman–Crippen MR) is 155 cm³/mol. The maximum absolute atomic E-state index is 12.3. The molecule has 0 aliphatic heterocycles. The van der Waals surface area contributed by atoms with Crippen LogP contribution in [0.25, 0.3) is 0 Å². The van der Waals surface area contributed by atoms with Crippen LogP contribution in [-0.4, -0.2) is 17.4 Å². The second-order valence-electron chi connectivity index (χ2n) is 10.8. The summed E-state index contributed by atoms with van der Waals surface area (Å²) in [5.41, 5.74) is 3.48. The van der Waals surface area contributed by atoms with Gasteiger partial charge in [0.2, 0.25) is 5.91 Å². The number of halogens is 1. The Labute approximate surface area is 250 Å². The molecule has 0 fully saturated rings. The lowest BCUT2D eigenvalue weighted by Gasteiger charge is -2.22. The summed E-state index contributed by atoms with van der Waals surface area (Å²) in [4.78, 5) is 14.2. The van der Waals surface area contributed by atoms with Crippen molar-refractivity contribution in [2.24, 2.45) is 7.05 Å². The van der Waals surface area contributed by atoms with Gasteiger partial charge in [-0.25, -0.2) is 4.57 Å². The molecule has 1 amide bonds. The van der Waals surface area contributed by atoms with Crippen molar-refractivity contribution in [2.45, 2.75) is 124 Å². The van der Waals surface area contributed by atoms with Crippen molar-refractivity contribution in [1.29, 1.82) is 0 Å². The molecule has 0 saturated carbocycles. The first-order valence-electron chi connectivity index (χ1n) is 14.9. The lowest BCUT2D eigenvalue weighted by atomic mass is 10.0. The highest BCUT2D eigenvalue weighted by atomic mass is 127. The average molecular weight is 637 g/mol. The zero-order valence-corrected chi connectivity index (χ0v) is 26.8. The van der Waals surface area contributed by atoms with Crippen molar-refractivity contribution in [1.82, 2.24) is 4.90 Å². The zero-order valence-electron chi connectivity index (χ0n) is 24.7. The molecule has 1 aromatic heterocycles. The smallest absolute Gasteiger partial charge is 0.220 e. The first kappa shape index (κ1) is 34.4. The SMILES string of the molecule is CCCCCCCCCCCCCCCCOc1ccc(CN(Cc2cc[n+](C)cc2)C(C)=O)c(C)c1.[I-]. The molecule has 214 valence electrons. The van der Waals surface area contributed by atoms with Gasteiger partial charge in [0.05, 0.1) is 6.61 Å². The van der Waals surface area contributed by atoms with Crippen LogP contribution in [0.1, 0.15) is 120 Å². The minimum atomic E-state index is 0. The summed E-state index contributed by atoms with van der Waals surface area (Å²) >= 11 is 0. The monoisotopic (exact) mass is 636 g/mol. The lowest BCUT2D eigenvalue weighted by molar-refractivity contribution is -0.671. The summed E-state index contributed by atoms with van der Waals surface area (Å²) in [6, 6.07) is 10.4. The molecule has 0 radical (unpaired) electrons. The Bertz CT molecular complexity index is 885. The van der Waals surface area contributed by atoms with Gasteiger partial charge in [0, 0.05) is 32.1 Å². The second kappa shape index (κ2) is 21.2. The van der Waals surface area contributed by atoms with Gasteiger partial charge in [0.15, 0.2) is 12.4 Å². The van der Waals surface area contributed by atoms with E-state index in [0.717, 1.165) is 24.3 Å². The molecule has 0 unspecified atom stereocenters. The number of nitrogens with zero attached hydrogens (tertiary/aromatic N) is 2. The van der Waals surface area contributed by atoms with Crippen LogP contribution in [0.15, 0.2) is 42.7 Å². The summed E-state index contributed by atoms with van der Waals surface area (Å²) < 4.78 is 8.03. The van der Waals surface area contributed by atoms with Crippen LogP contribution in [0.4, 0.5) is 0 Å². The molecular weight excluding hydrogens is 583 g/mol. The molecular formula is C33H53IN2O2. The topological polar surface area (TPSA) is 33.4 Å². The Balaban J connectivity index is 0.00000722. The lowest BCUT2D eigenvalue weighted by Crippen LogP contribution is -3.00. The van der Waals surface area contributed by atoms with Crippen LogP contribution in [0.3, 0.4) is 0 Å². The van der Waals surface area contributed by atoms with E-state index in [1.54, 1.807) is 6.92 Å². The summed E-state index contributed by atoms with van der Waals surface area (Å²) in [6.45, 7) is 8.05. The molecule has 4 nitrogen and oxygen atoms in total. The van der Waals surface area contributed by atoms with E-state index in [-0.39, 0.29) is 29.9 Å². The molecule has 0 N–H and O–H groups in total. The van der Waals surface area contributed by atoms with E-state index in [2.05, 4.69) is 38.1 Å². The van der Waals surface area contributed by atoms with Crippen LogP contribution < -0.4 is 33.3 Å². The molecule has 1 aromatic carbocycles. The molecule has 0 bridgehead atoms. The van der Waals surface area contributed by atoms with E-state index in [0.29, 0.717) is 13.1 Å². The molecule has 0 saturated heterocycles. The Hall–Kier alpha value is -1.63. The summed E-state index contributed by atoms with van der Waals surface area (Å²) in [5, 5.41) is 0. The number of hydrogen-bond acceptors (Lipinski definition) is 2. The third-order valence-corrected chi connectivity index (χ3v) is 7.31. The minimum Gasteiger partial charge on any atom is -1.00 e. The Morgan fingerprint density at radius 1 is 0.789 bits per heavy atom. The Kier molecular flexibility index (Phi) is 19.2. The van der Waals surface area contributed by atoms with Gasteiger partial charge in [0.25, 0.3) is 0 Å². The maximum Gasteiger partial charge on any atom is 0.220 e. The summed E-state index contributed by atoms with van der Waals surface area (Å²) in [5.74, 6) is 1.02. The third-order valence-electron chi connectivity index (χ3n) is 7.31. The zero-order chi connectivity index (χ0) is 26.7. The van der Waals surface area contributed by atoms with E-state index in [9.17, 15) is 4.79 Å². The number of amides is 1. The van der Waals surface area contributed by atoms with E-state index in [4.69, 9.17) is 4.74 Å². The van der Waals surface area contributed by atoms with Gasteiger partial charge in [0.1, 0.15) is 12.8 Å². The molecule has 1 heterocycles. The van der Waals surface area contributed by atoms with E-state index < -0.39 is 0 Å². The van der Waals surface area contributed by atoms with E-state index in [1.807, 2.05) is 35.0 Å². The predicted octanol–water partition coefficient (Wildman–Crippen LogP) is 5.23. The number of aromatic nitrogens is 1. The molecule has 2 rings (SSSR count). The van der Waals surface area contributed by atoms with Crippen LogP contribution in [0.2, 0.25) is 0 Å². The minimum absolute atomic E-state index is 0. The molecule has 0 aliphatic rings. The number of pyridine rings is 1. The van der Waals surface area contributed by atoms with Crippen molar-refractivity contribution < 1.29 is 38.1 Å². The third kappa shape index (κ3) is 15.1. The van der Waals surface area contributed by atoms with Crippen molar-refractivity contribution in [3.8, 4) is 5.75 Å². The van der Waals surface area contributed by atoms with Gasteiger partial charge in [-0.1, -0.05) is 96.5 Å². The van der Waals surface area contributed by atoms with Gasteiger partial charge in [-0.3, -0.25) is 4.79 Å². The van der Waals surface area contributed by atoms with Crippen molar-refractivity contribution in [2.75, 3.05) is 6.61 Å². The van der Waals surface area contributed by atoms with Gasteiger partial charge in [-0.15, -0.1) is 0 Å². The number of carbonyl (C=O) groups excluding carboxylic acids is 1. The van der Waals surface area contributed by atoms with Gasteiger partial charge in [-0.05, 0) is 42.2 Å². The van der Waals surface area contributed by atoms with Crippen molar-refractivity contribution in [3.05, 3.63) is 59.4 Å². The van der Waals surface area contributed by atoms with Crippen LogP contribution >= 0.6 is 0 Å². The molecule has 0 atom stereocenters. The molecule has 2 aromatic rings. The first-order chi connectivity index (χ1) is 18.0. The maximum atomic E-state index is 12.3. The largest absolute Gasteiger partial charge is 1.00 e. The number of hydrogen-bond donors (Lipinski definition) is 0. The van der Waals surface area contributed by atoms with Crippen molar-refractivity contribution >= 4 is 5.91 Å². The number of ether oxygens (including phenoxy) is 1. The van der Waals surface area contributed by atoms with Gasteiger partial charge < -0.3 is 33.6 Å². The van der Waals surface area contributed by atoms with Crippen LogP contribution in [-0.2, 0) is 24.9 Å². The van der Waals surface area contributed by atoms with Crippen LogP contribution in [0.5, 0.6) is 5.75 Å². The molecule has 38 heavy (non-hydrogen) atoms. The Morgan fingerprint density at radius 2 is 1.32 bits per heavy atom. The van der Waals surface area contributed by atoms with E-state index >= 15 is 0 Å². The normalized spacial score (nSPS) is 10.7. The van der Waals surface area contributed by atoms with Gasteiger partial charge >= 0.3 is 0 Å².